The lowest BCUT2D eigenvalue weighted by molar-refractivity contribution is -0.121. The van der Waals surface area contributed by atoms with Crippen molar-refractivity contribution in [3.05, 3.63) is 41.1 Å². The Morgan fingerprint density at radius 2 is 1.83 bits per heavy atom. The lowest BCUT2D eigenvalue weighted by atomic mass is 9.86. The van der Waals surface area contributed by atoms with Crippen LogP contribution in [0, 0.1) is 11.6 Å². The number of ether oxygens (including phenoxy) is 2. The van der Waals surface area contributed by atoms with E-state index in [-0.39, 0.29) is 23.9 Å². The van der Waals surface area contributed by atoms with Crippen LogP contribution in [0.4, 0.5) is 25.1 Å². The Balaban J connectivity index is 1.79. The molecule has 1 spiro atoms. The van der Waals surface area contributed by atoms with Crippen molar-refractivity contribution in [1.29, 1.82) is 0 Å². The van der Waals surface area contributed by atoms with Gasteiger partial charge in [0, 0.05) is 12.3 Å². The summed E-state index contributed by atoms with van der Waals surface area (Å²) in [5, 5.41) is 8.71. The Morgan fingerprint density at radius 3 is 2.37 bits per heavy atom. The molecule has 1 aromatic carbocycles. The highest BCUT2D eigenvalue weighted by atomic mass is 19.1. The first kappa shape index (κ1) is 19.7. The van der Waals surface area contributed by atoms with E-state index < -0.39 is 34.7 Å². The normalized spacial score (nSPS) is 16.1. The number of nitrogens with zero attached hydrogens (tertiary/aromatic N) is 2. The van der Waals surface area contributed by atoms with Crippen LogP contribution < -0.4 is 25.2 Å². The van der Waals surface area contributed by atoms with E-state index in [2.05, 4.69) is 10.4 Å². The largest absolute Gasteiger partial charge is 0.493 e. The second kappa shape index (κ2) is 7.01. The number of carboxylic acid groups (broad SMARTS) is 1. The fourth-order valence-corrected chi connectivity index (χ4v) is 3.76. The summed E-state index contributed by atoms with van der Waals surface area (Å²) in [6.45, 7) is -0.111. The Morgan fingerprint density at radius 1 is 1.20 bits per heavy atom. The number of halogens is 2. The summed E-state index contributed by atoms with van der Waals surface area (Å²) in [7, 11) is 2.47. The molecular formula is C19H18F2N4O5. The van der Waals surface area contributed by atoms with Gasteiger partial charge in [0.25, 0.3) is 0 Å². The average Bonchev–Trinajstić information content (AvgIpc) is 3.52. The van der Waals surface area contributed by atoms with Gasteiger partial charge in [-0.3, -0.25) is 10.2 Å². The van der Waals surface area contributed by atoms with Gasteiger partial charge in [-0.15, -0.1) is 0 Å². The number of hydrogen-bond donors (Lipinski definition) is 3. The summed E-state index contributed by atoms with van der Waals surface area (Å²) >= 11 is 0. The van der Waals surface area contributed by atoms with Crippen LogP contribution in [0.2, 0.25) is 0 Å². The Labute approximate surface area is 169 Å². The van der Waals surface area contributed by atoms with Crippen molar-refractivity contribution in [3.8, 4) is 11.5 Å². The predicted octanol–water partition coefficient (Wildman–Crippen LogP) is 2.55. The van der Waals surface area contributed by atoms with Crippen LogP contribution in [0.15, 0.2) is 18.3 Å². The third kappa shape index (κ3) is 2.93. The standard InChI is InChI=1S/C19H18F2N4O5/c1-29-11-6-12(30-2)15(21)16(14(11)20)25-8-9-7-22-13(23-24-18(27)28)5-10(9)19(3-4-19)17(25)26/h5-7,24H,3-4,8H2,1-2H3,(H,22,23)(H,27,28). The van der Waals surface area contributed by atoms with Gasteiger partial charge in [0.05, 0.1) is 26.2 Å². The first-order valence-corrected chi connectivity index (χ1v) is 8.98. The molecule has 2 heterocycles. The van der Waals surface area contributed by atoms with E-state index in [9.17, 15) is 18.4 Å². The monoisotopic (exact) mass is 420 g/mol. The van der Waals surface area contributed by atoms with Crippen LogP contribution in [0.1, 0.15) is 24.0 Å². The van der Waals surface area contributed by atoms with Crippen molar-refractivity contribution < 1.29 is 33.0 Å². The number of aromatic nitrogens is 1. The molecule has 1 aliphatic heterocycles. The molecule has 11 heteroatoms. The second-order valence-electron chi connectivity index (χ2n) is 7.01. The lowest BCUT2D eigenvalue weighted by Gasteiger charge is -2.35. The van der Waals surface area contributed by atoms with Gasteiger partial charge in [0.1, 0.15) is 11.5 Å². The van der Waals surface area contributed by atoms with Crippen LogP contribution in [-0.4, -0.2) is 36.3 Å². The molecule has 1 fully saturated rings. The van der Waals surface area contributed by atoms with Crippen molar-refractivity contribution in [3.63, 3.8) is 0 Å². The zero-order valence-corrected chi connectivity index (χ0v) is 16.1. The van der Waals surface area contributed by atoms with Crippen molar-refractivity contribution in [2.24, 2.45) is 0 Å². The Bertz CT molecular complexity index is 1030. The van der Waals surface area contributed by atoms with Crippen LogP contribution in [0.3, 0.4) is 0 Å². The minimum Gasteiger partial charge on any atom is -0.493 e. The molecule has 2 aliphatic rings. The van der Waals surface area contributed by atoms with E-state index in [4.69, 9.17) is 14.6 Å². The fraction of sp³-hybridized carbons (Fsp3) is 0.316. The third-order valence-corrected chi connectivity index (χ3v) is 5.35. The molecule has 30 heavy (non-hydrogen) atoms. The van der Waals surface area contributed by atoms with Crippen LogP contribution in [-0.2, 0) is 16.8 Å². The zero-order chi connectivity index (χ0) is 21.6. The zero-order valence-electron chi connectivity index (χ0n) is 16.1. The molecule has 0 saturated heterocycles. The summed E-state index contributed by atoms with van der Waals surface area (Å²) in [5.41, 5.74) is 4.20. The number of carbonyl (C=O) groups excluding carboxylic acids is 1. The number of hydrazine groups is 1. The number of carbonyl (C=O) groups is 2. The molecule has 1 aliphatic carbocycles. The van der Waals surface area contributed by atoms with Crippen molar-refractivity contribution >= 4 is 23.5 Å². The fourth-order valence-electron chi connectivity index (χ4n) is 3.76. The maximum absolute atomic E-state index is 15.0. The summed E-state index contributed by atoms with van der Waals surface area (Å²) in [5.74, 6) is -2.73. The third-order valence-electron chi connectivity index (χ3n) is 5.35. The second-order valence-corrected chi connectivity index (χ2v) is 7.01. The molecule has 0 bridgehead atoms. The van der Waals surface area contributed by atoms with Crippen molar-refractivity contribution in [1.82, 2.24) is 10.4 Å². The molecule has 9 nitrogen and oxygen atoms in total. The summed E-state index contributed by atoms with van der Waals surface area (Å²) in [6.07, 6.45) is 1.15. The quantitative estimate of drug-likeness (QED) is 0.637. The number of rotatable bonds is 5. The summed E-state index contributed by atoms with van der Waals surface area (Å²) in [4.78, 5) is 29.1. The average molecular weight is 420 g/mol. The van der Waals surface area contributed by atoms with E-state index in [0.29, 0.717) is 24.0 Å². The van der Waals surface area contributed by atoms with Gasteiger partial charge in [-0.25, -0.2) is 24.0 Å². The highest BCUT2D eigenvalue weighted by molar-refractivity contribution is 6.05. The summed E-state index contributed by atoms with van der Waals surface area (Å²) in [6, 6.07) is 2.66. The van der Waals surface area contributed by atoms with Gasteiger partial charge >= 0.3 is 6.09 Å². The van der Waals surface area contributed by atoms with E-state index in [1.54, 1.807) is 6.07 Å². The number of amides is 2. The number of pyridine rings is 1. The topological polar surface area (TPSA) is 113 Å². The first-order valence-electron chi connectivity index (χ1n) is 8.98. The number of benzene rings is 1. The molecular weight excluding hydrogens is 402 g/mol. The van der Waals surface area contributed by atoms with Gasteiger partial charge in [0.15, 0.2) is 23.1 Å². The molecule has 2 aromatic rings. The lowest BCUT2D eigenvalue weighted by Crippen LogP contribution is -2.45. The highest BCUT2D eigenvalue weighted by Crippen LogP contribution is 2.55. The maximum atomic E-state index is 15.0. The smallest absolute Gasteiger partial charge is 0.423 e. The number of nitrogens with one attached hydrogen (secondary N) is 2. The van der Waals surface area contributed by atoms with Crippen LogP contribution in [0.25, 0.3) is 0 Å². The number of anilines is 2. The summed E-state index contributed by atoms with van der Waals surface area (Å²) < 4.78 is 39.9. The molecule has 158 valence electrons. The Hall–Kier alpha value is -3.63. The van der Waals surface area contributed by atoms with Gasteiger partial charge < -0.3 is 19.5 Å². The molecule has 0 radical (unpaired) electrons. The Kier molecular flexibility index (Phi) is 4.60. The van der Waals surface area contributed by atoms with Gasteiger partial charge in [-0.2, -0.15) is 0 Å². The van der Waals surface area contributed by atoms with E-state index in [0.717, 1.165) is 11.0 Å². The molecule has 4 rings (SSSR count). The van der Waals surface area contributed by atoms with E-state index >= 15 is 0 Å². The first-order chi connectivity index (χ1) is 14.3. The van der Waals surface area contributed by atoms with E-state index in [1.165, 1.54) is 20.4 Å². The molecule has 2 amide bonds. The molecule has 3 N–H and O–H groups in total. The van der Waals surface area contributed by atoms with Crippen LogP contribution in [0.5, 0.6) is 11.5 Å². The minimum absolute atomic E-state index is 0.111. The molecule has 1 saturated carbocycles. The maximum Gasteiger partial charge on any atom is 0.423 e. The van der Waals surface area contributed by atoms with E-state index in [1.807, 2.05) is 5.43 Å². The molecule has 1 aromatic heterocycles. The number of methoxy groups -OCH3 is 2. The van der Waals surface area contributed by atoms with Gasteiger partial charge in [-0.1, -0.05) is 0 Å². The number of fused-ring (bicyclic) bond motifs is 2. The highest BCUT2D eigenvalue weighted by Gasteiger charge is 2.57. The molecule has 0 atom stereocenters. The predicted molar refractivity (Wildman–Crippen MR) is 101 cm³/mol. The number of hydrogen-bond acceptors (Lipinski definition) is 6. The van der Waals surface area contributed by atoms with Crippen LogP contribution >= 0.6 is 0 Å². The SMILES string of the molecule is COc1cc(OC)c(F)c(N2Cc3cnc(NNC(=O)O)cc3C3(CC3)C2=O)c1F. The minimum atomic E-state index is -1.30. The molecule has 0 unspecified atom stereocenters. The van der Waals surface area contributed by atoms with Crippen molar-refractivity contribution in [2.45, 2.75) is 24.8 Å². The van der Waals surface area contributed by atoms with Gasteiger partial charge in [-0.05, 0) is 30.0 Å². The van der Waals surface area contributed by atoms with Gasteiger partial charge in [0.2, 0.25) is 5.91 Å². The van der Waals surface area contributed by atoms with Crippen molar-refractivity contribution in [2.75, 3.05) is 24.5 Å².